The number of rotatable bonds is 4. The highest BCUT2D eigenvalue weighted by Crippen LogP contribution is 2.39. The van der Waals surface area contributed by atoms with Crippen molar-refractivity contribution >= 4 is 33.2 Å². The van der Waals surface area contributed by atoms with E-state index < -0.39 is 16.1 Å². The Bertz CT molecular complexity index is 1020. The molecule has 1 N–H and O–H groups in total. The average molecular weight is 435 g/mol. The number of halogens is 1. The number of carbonyl (C=O) groups is 1. The molecule has 0 spiro atoms. The van der Waals surface area contributed by atoms with E-state index in [4.69, 9.17) is 16.3 Å². The fraction of sp³-hybridized carbons (Fsp3) is 0.381. The Kier molecular flexibility index (Phi) is 5.44. The summed E-state index contributed by atoms with van der Waals surface area (Å²) in [5, 5.41) is 3.39. The van der Waals surface area contributed by atoms with E-state index in [1.165, 1.54) is 4.31 Å². The summed E-state index contributed by atoms with van der Waals surface area (Å²) < 4.78 is 33.8. The van der Waals surface area contributed by atoms with Gasteiger partial charge in [0.1, 0.15) is 5.75 Å². The Labute approximate surface area is 175 Å². The molecule has 0 aromatic heterocycles. The highest BCUT2D eigenvalue weighted by molar-refractivity contribution is 7.92. The smallest absolute Gasteiger partial charge is 0.264 e. The lowest BCUT2D eigenvalue weighted by molar-refractivity contribution is -0.128. The normalized spacial score (nSPS) is 19.5. The summed E-state index contributed by atoms with van der Waals surface area (Å²) in [4.78, 5) is 13.0. The number of benzene rings is 2. The van der Waals surface area contributed by atoms with Crippen LogP contribution in [-0.4, -0.2) is 33.0 Å². The van der Waals surface area contributed by atoms with Crippen molar-refractivity contribution in [3.05, 3.63) is 53.1 Å². The van der Waals surface area contributed by atoms with E-state index in [0.717, 1.165) is 31.2 Å². The van der Waals surface area contributed by atoms with Crippen LogP contribution in [0.5, 0.6) is 5.75 Å². The molecule has 1 fully saturated rings. The number of sulfonamides is 1. The number of nitrogens with zero attached hydrogens (tertiary/aromatic N) is 1. The fourth-order valence-electron chi connectivity index (χ4n) is 3.79. The molecule has 1 atom stereocenters. The van der Waals surface area contributed by atoms with Crippen LogP contribution in [0, 0.1) is 6.92 Å². The van der Waals surface area contributed by atoms with Crippen molar-refractivity contribution in [3.8, 4) is 5.75 Å². The van der Waals surface area contributed by atoms with Crippen LogP contribution in [0.4, 0.5) is 5.69 Å². The van der Waals surface area contributed by atoms with E-state index >= 15 is 0 Å². The minimum Gasteiger partial charge on any atom is -0.476 e. The van der Waals surface area contributed by atoms with Crippen molar-refractivity contribution in [2.45, 2.75) is 49.6 Å². The number of hydrogen-bond acceptors (Lipinski definition) is 4. The molecule has 2 aromatic rings. The summed E-state index contributed by atoms with van der Waals surface area (Å²) in [7, 11) is -3.89. The summed E-state index contributed by atoms with van der Waals surface area (Å²) in [6, 6.07) is 11.5. The first-order valence-corrected chi connectivity index (χ1v) is 11.5. The van der Waals surface area contributed by atoms with Gasteiger partial charge in [0.15, 0.2) is 6.10 Å². The lowest BCUT2D eigenvalue weighted by atomic mass is 10.2. The van der Waals surface area contributed by atoms with Gasteiger partial charge in [-0.25, -0.2) is 8.42 Å². The van der Waals surface area contributed by atoms with Gasteiger partial charge in [-0.1, -0.05) is 42.1 Å². The minimum atomic E-state index is -3.89. The second-order valence-electron chi connectivity index (χ2n) is 7.56. The maximum Gasteiger partial charge on any atom is 0.264 e. The van der Waals surface area contributed by atoms with Gasteiger partial charge in [-0.05, 0) is 50.1 Å². The van der Waals surface area contributed by atoms with Crippen LogP contribution in [0.15, 0.2) is 47.4 Å². The molecule has 29 heavy (non-hydrogen) atoms. The van der Waals surface area contributed by atoms with Gasteiger partial charge in [-0.2, -0.15) is 0 Å². The van der Waals surface area contributed by atoms with Crippen LogP contribution in [-0.2, 0) is 14.8 Å². The number of carbonyl (C=O) groups excluding carboxylic acids is 1. The maximum atomic E-state index is 13.4. The van der Waals surface area contributed by atoms with Crippen LogP contribution in [0.25, 0.3) is 0 Å². The molecule has 1 heterocycles. The Balaban J connectivity index is 1.68. The van der Waals surface area contributed by atoms with Crippen LogP contribution < -0.4 is 14.4 Å². The molecule has 0 unspecified atom stereocenters. The summed E-state index contributed by atoms with van der Waals surface area (Å²) >= 11 is 6.11. The predicted molar refractivity (Wildman–Crippen MR) is 112 cm³/mol. The van der Waals surface area contributed by atoms with Crippen molar-refractivity contribution in [2.24, 2.45) is 0 Å². The van der Waals surface area contributed by atoms with Gasteiger partial charge in [0, 0.05) is 11.1 Å². The highest BCUT2D eigenvalue weighted by atomic mass is 35.5. The van der Waals surface area contributed by atoms with E-state index in [-0.39, 0.29) is 23.4 Å². The molecule has 8 heteroatoms. The van der Waals surface area contributed by atoms with Crippen LogP contribution in [0.1, 0.15) is 31.2 Å². The van der Waals surface area contributed by atoms with Crippen molar-refractivity contribution in [3.63, 3.8) is 0 Å². The summed E-state index contributed by atoms with van der Waals surface area (Å²) in [5.41, 5.74) is 1.30. The zero-order chi connectivity index (χ0) is 20.6. The molecule has 154 valence electrons. The van der Waals surface area contributed by atoms with Gasteiger partial charge in [-0.3, -0.25) is 9.10 Å². The molecule has 2 aliphatic rings. The molecular formula is C21H23ClN2O4S. The lowest BCUT2D eigenvalue weighted by Crippen LogP contribution is -2.52. The second kappa shape index (κ2) is 7.88. The van der Waals surface area contributed by atoms with E-state index in [1.54, 1.807) is 42.5 Å². The van der Waals surface area contributed by atoms with Crippen molar-refractivity contribution < 1.29 is 17.9 Å². The molecule has 0 radical (unpaired) electrons. The standard InChI is InChI=1S/C21H23ClN2O4S/c1-14-6-9-17(10-7-14)29(26,27)24-13-20(21(25)23-16-4-2-3-5-16)28-19-11-8-15(22)12-18(19)24/h6-12,16,20H,2-5,13H2,1H3,(H,23,25)/t20-/m0/s1. The number of amides is 1. The zero-order valence-electron chi connectivity index (χ0n) is 16.1. The van der Waals surface area contributed by atoms with E-state index in [1.807, 2.05) is 6.92 Å². The lowest BCUT2D eigenvalue weighted by Gasteiger charge is -2.35. The van der Waals surface area contributed by atoms with Crippen molar-refractivity contribution in [2.75, 3.05) is 10.8 Å². The monoisotopic (exact) mass is 434 g/mol. The Morgan fingerprint density at radius 1 is 1.14 bits per heavy atom. The fourth-order valence-corrected chi connectivity index (χ4v) is 5.42. The van der Waals surface area contributed by atoms with Crippen molar-refractivity contribution in [1.29, 1.82) is 0 Å². The highest BCUT2D eigenvalue weighted by Gasteiger charge is 2.38. The molecule has 1 aliphatic carbocycles. The number of anilines is 1. The van der Waals surface area contributed by atoms with Gasteiger partial charge in [0.2, 0.25) is 0 Å². The maximum absolute atomic E-state index is 13.4. The molecule has 0 bridgehead atoms. The zero-order valence-corrected chi connectivity index (χ0v) is 17.7. The quantitative estimate of drug-likeness (QED) is 0.796. The second-order valence-corrected chi connectivity index (χ2v) is 9.86. The molecule has 1 aliphatic heterocycles. The van der Waals surface area contributed by atoms with Crippen LogP contribution >= 0.6 is 11.6 Å². The molecule has 1 saturated carbocycles. The topological polar surface area (TPSA) is 75.7 Å². The van der Waals surface area contributed by atoms with Gasteiger partial charge in [0.05, 0.1) is 17.1 Å². The molecule has 2 aromatic carbocycles. The molecule has 1 amide bonds. The third kappa shape index (κ3) is 4.07. The minimum absolute atomic E-state index is 0.109. The molecule has 6 nitrogen and oxygen atoms in total. The number of ether oxygens (including phenoxy) is 1. The first-order valence-electron chi connectivity index (χ1n) is 9.70. The van der Waals surface area contributed by atoms with Gasteiger partial charge < -0.3 is 10.1 Å². The molecule has 0 saturated heterocycles. The Morgan fingerprint density at radius 3 is 2.52 bits per heavy atom. The largest absolute Gasteiger partial charge is 0.476 e. The average Bonchev–Trinajstić information content (AvgIpc) is 3.20. The van der Waals surface area contributed by atoms with Gasteiger partial charge >= 0.3 is 0 Å². The van der Waals surface area contributed by atoms with Gasteiger partial charge in [-0.15, -0.1) is 0 Å². The third-order valence-corrected chi connectivity index (χ3v) is 7.42. The Morgan fingerprint density at radius 2 is 1.83 bits per heavy atom. The first-order chi connectivity index (χ1) is 13.8. The molecular weight excluding hydrogens is 412 g/mol. The molecule has 4 rings (SSSR count). The predicted octanol–water partition coefficient (Wildman–Crippen LogP) is 3.66. The summed E-state index contributed by atoms with van der Waals surface area (Å²) in [5.74, 6) is 0.0320. The number of nitrogens with one attached hydrogen (secondary N) is 1. The number of aryl methyl sites for hydroxylation is 1. The summed E-state index contributed by atoms with van der Waals surface area (Å²) in [6.45, 7) is 1.78. The third-order valence-electron chi connectivity index (χ3n) is 5.39. The van der Waals surface area contributed by atoms with E-state index in [9.17, 15) is 13.2 Å². The Hall–Kier alpha value is -2.25. The van der Waals surface area contributed by atoms with Gasteiger partial charge in [0.25, 0.3) is 15.9 Å². The van der Waals surface area contributed by atoms with E-state index in [2.05, 4.69) is 5.32 Å². The van der Waals surface area contributed by atoms with Crippen molar-refractivity contribution in [1.82, 2.24) is 5.32 Å². The summed E-state index contributed by atoms with van der Waals surface area (Å²) in [6.07, 6.45) is 3.13. The SMILES string of the molecule is Cc1ccc(S(=O)(=O)N2C[C@@H](C(=O)NC3CCCC3)Oc3ccc(Cl)cc32)cc1. The van der Waals surface area contributed by atoms with E-state index in [0.29, 0.717) is 16.5 Å². The van der Waals surface area contributed by atoms with Crippen LogP contribution in [0.3, 0.4) is 0 Å². The number of hydrogen-bond donors (Lipinski definition) is 1. The number of fused-ring (bicyclic) bond motifs is 1. The first kappa shape index (κ1) is 20.0. The van der Waals surface area contributed by atoms with Crippen LogP contribution in [0.2, 0.25) is 5.02 Å².